The topological polar surface area (TPSA) is 84.2 Å². The number of nitrogens with zero attached hydrogens (tertiary/aromatic N) is 2. The second-order valence-corrected chi connectivity index (χ2v) is 7.62. The average Bonchev–Trinajstić information content (AvgIpc) is 3.46. The van der Waals surface area contributed by atoms with Crippen molar-refractivity contribution in [1.82, 2.24) is 14.9 Å². The lowest BCUT2D eigenvalue weighted by Crippen LogP contribution is -2.34. The van der Waals surface area contributed by atoms with Crippen LogP contribution in [-0.4, -0.2) is 26.6 Å². The van der Waals surface area contributed by atoms with Crippen LogP contribution in [0.15, 0.2) is 47.5 Å². The monoisotopic (exact) mass is 387 g/mol. The Morgan fingerprint density at radius 1 is 1.31 bits per heavy atom. The third-order valence-electron chi connectivity index (χ3n) is 5.10. The number of nitrogens with one attached hydrogen (secondary N) is 1. The van der Waals surface area contributed by atoms with Gasteiger partial charge >= 0.3 is 0 Å². The Kier molecular flexibility index (Phi) is 4.48. The zero-order valence-corrected chi connectivity index (χ0v) is 16.3. The van der Waals surface area contributed by atoms with Gasteiger partial charge in [-0.25, -0.2) is 4.98 Å². The summed E-state index contributed by atoms with van der Waals surface area (Å²) in [6, 6.07) is 8.60. The number of rotatable bonds is 4. The second kappa shape index (κ2) is 6.87. The molecule has 2 aromatic heterocycles. The molecule has 0 radical (unpaired) electrons. The van der Waals surface area contributed by atoms with Crippen molar-refractivity contribution in [2.45, 2.75) is 38.3 Å². The molecule has 4 rings (SSSR count). The van der Waals surface area contributed by atoms with Crippen LogP contribution in [0, 0.1) is 12.3 Å². The van der Waals surface area contributed by atoms with Gasteiger partial charge < -0.3 is 10.4 Å². The van der Waals surface area contributed by atoms with Crippen molar-refractivity contribution in [2.75, 3.05) is 0 Å². The van der Waals surface area contributed by atoms with Gasteiger partial charge in [-0.15, -0.1) is 6.42 Å². The Morgan fingerprint density at radius 3 is 2.72 bits per heavy atom. The predicted octanol–water partition coefficient (Wildman–Crippen LogP) is 2.49. The number of carbonyl (C=O) groups excluding carboxylic acids is 1. The molecule has 146 valence electrons. The minimum Gasteiger partial charge on any atom is -0.385 e. The molecular formula is C23H21N3O3. The summed E-state index contributed by atoms with van der Waals surface area (Å²) >= 11 is 0. The summed E-state index contributed by atoms with van der Waals surface area (Å²) in [5.41, 5.74) is 0.895. The van der Waals surface area contributed by atoms with Crippen molar-refractivity contribution in [3.05, 3.63) is 69.6 Å². The Morgan fingerprint density at radius 2 is 2.07 bits per heavy atom. The van der Waals surface area contributed by atoms with Crippen LogP contribution in [-0.2, 0) is 5.60 Å². The molecule has 3 aromatic rings. The summed E-state index contributed by atoms with van der Waals surface area (Å²) in [5, 5.41) is 13.7. The van der Waals surface area contributed by atoms with Gasteiger partial charge in [0.05, 0.1) is 22.2 Å². The van der Waals surface area contributed by atoms with E-state index in [2.05, 4.69) is 16.2 Å². The van der Waals surface area contributed by atoms with Crippen molar-refractivity contribution in [1.29, 1.82) is 0 Å². The number of amides is 1. The number of hydrogen-bond donors (Lipinski definition) is 2. The highest BCUT2D eigenvalue weighted by Gasteiger charge is 2.44. The van der Waals surface area contributed by atoms with Crippen LogP contribution in [0.2, 0.25) is 0 Å². The zero-order chi connectivity index (χ0) is 20.8. The average molecular weight is 387 g/mol. The lowest BCUT2D eigenvalue weighted by atomic mass is 9.99. The van der Waals surface area contributed by atoms with E-state index in [1.165, 1.54) is 6.20 Å². The number of pyridine rings is 2. The van der Waals surface area contributed by atoms with Gasteiger partial charge in [-0.1, -0.05) is 18.1 Å². The summed E-state index contributed by atoms with van der Waals surface area (Å²) in [6.45, 7) is 3.66. The summed E-state index contributed by atoms with van der Waals surface area (Å²) in [4.78, 5) is 30.0. The highest BCUT2D eigenvalue weighted by atomic mass is 16.3. The molecule has 1 aromatic carbocycles. The van der Waals surface area contributed by atoms with Crippen LogP contribution in [0.4, 0.5) is 0 Å². The standard InChI is InChI=1S/C23H21N3O3/c1-4-15-18(23(29)10-11-23)8-5-9-19(15)26-13-17(22(28)25-14(2)3)20(27)16-7-6-12-24-21(16)26/h1,5-9,12-14,29H,10-11H2,2-3H3,(H,25,28). The van der Waals surface area contributed by atoms with Crippen molar-refractivity contribution in [3.63, 3.8) is 0 Å². The second-order valence-electron chi connectivity index (χ2n) is 7.62. The lowest BCUT2D eigenvalue weighted by molar-refractivity contribution is 0.0941. The van der Waals surface area contributed by atoms with Crippen LogP contribution in [0.1, 0.15) is 48.2 Å². The largest absolute Gasteiger partial charge is 0.385 e. The molecule has 0 bridgehead atoms. The molecule has 6 heteroatoms. The molecule has 29 heavy (non-hydrogen) atoms. The Bertz CT molecular complexity index is 1230. The van der Waals surface area contributed by atoms with Crippen LogP contribution < -0.4 is 10.7 Å². The minimum absolute atomic E-state index is 0.0118. The van der Waals surface area contributed by atoms with E-state index in [4.69, 9.17) is 6.42 Å². The SMILES string of the molecule is C#Cc1c(-n2cc(C(=O)NC(C)C)c(=O)c3cccnc32)cccc1C1(O)CC1. The number of aromatic nitrogens is 2. The highest BCUT2D eigenvalue weighted by molar-refractivity contribution is 5.97. The van der Waals surface area contributed by atoms with Crippen molar-refractivity contribution >= 4 is 16.9 Å². The van der Waals surface area contributed by atoms with Gasteiger partial charge in [0.15, 0.2) is 0 Å². The third kappa shape index (κ3) is 3.20. The van der Waals surface area contributed by atoms with Crippen molar-refractivity contribution in [2.24, 2.45) is 0 Å². The molecule has 0 aliphatic heterocycles. The minimum atomic E-state index is -0.919. The first kappa shape index (κ1) is 18.9. The Balaban J connectivity index is 2.03. The van der Waals surface area contributed by atoms with E-state index in [-0.39, 0.29) is 17.0 Å². The van der Waals surface area contributed by atoms with E-state index in [9.17, 15) is 14.7 Å². The van der Waals surface area contributed by atoms with Gasteiger partial charge in [-0.3, -0.25) is 14.2 Å². The number of benzene rings is 1. The zero-order valence-electron chi connectivity index (χ0n) is 16.3. The van der Waals surface area contributed by atoms with Gasteiger partial charge in [0.1, 0.15) is 11.2 Å². The Hall–Kier alpha value is -3.43. The molecule has 0 unspecified atom stereocenters. The summed E-state index contributed by atoms with van der Waals surface area (Å²) < 4.78 is 1.66. The maximum absolute atomic E-state index is 12.9. The number of fused-ring (bicyclic) bond motifs is 1. The van der Waals surface area contributed by atoms with Crippen LogP contribution in [0.25, 0.3) is 16.7 Å². The fraction of sp³-hybridized carbons (Fsp3) is 0.261. The molecule has 6 nitrogen and oxygen atoms in total. The third-order valence-corrected chi connectivity index (χ3v) is 5.10. The van der Waals surface area contributed by atoms with Gasteiger partial charge in [0, 0.05) is 24.0 Å². The van der Waals surface area contributed by atoms with Crippen LogP contribution in [0.5, 0.6) is 0 Å². The maximum Gasteiger partial charge on any atom is 0.256 e. The molecule has 2 N–H and O–H groups in total. The quantitative estimate of drug-likeness (QED) is 0.674. The highest BCUT2D eigenvalue weighted by Crippen LogP contribution is 2.47. The smallest absolute Gasteiger partial charge is 0.256 e. The predicted molar refractivity (Wildman–Crippen MR) is 111 cm³/mol. The fourth-order valence-electron chi connectivity index (χ4n) is 3.51. The van der Waals surface area contributed by atoms with E-state index >= 15 is 0 Å². The van der Waals surface area contributed by atoms with Gasteiger partial charge in [0.2, 0.25) is 5.43 Å². The summed E-state index contributed by atoms with van der Waals surface area (Å²) in [7, 11) is 0. The van der Waals surface area contributed by atoms with E-state index in [1.807, 2.05) is 26.0 Å². The van der Waals surface area contributed by atoms with Gasteiger partial charge in [-0.05, 0) is 44.9 Å². The van der Waals surface area contributed by atoms with Crippen LogP contribution in [0.3, 0.4) is 0 Å². The lowest BCUT2D eigenvalue weighted by Gasteiger charge is -2.18. The first-order valence-corrected chi connectivity index (χ1v) is 9.50. The summed E-state index contributed by atoms with van der Waals surface area (Å²) in [5.74, 6) is 2.23. The first-order chi connectivity index (χ1) is 13.9. The number of hydrogen-bond acceptors (Lipinski definition) is 4. The molecular weight excluding hydrogens is 366 g/mol. The number of carbonyl (C=O) groups is 1. The number of terminal acetylenes is 1. The van der Waals surface area contributed by atoms with Crippen LogP contribution >= 0.6 is 0 Å². The Labute approximate surface area is 168 Å². The molecule has 0 spiro atoms. The van der Waals surface area contributed by atoms with Crippen molar-refractivity contribution < 1.29 is 9.90 Å². The molecule has 1 aliphatic rings. The van der Waals surface area contributed by atoms with Crippen molar-refractivity contribution in [3.8, 4) is 18.0 Å². The van der Waals surface area contributed by atoms with Gasteiger partial charge in [-0.2, -0.15) is 0 Å². The summed E-state index contributed by atoms with van der Waals surface area (Å²) in [6.07, 6.45) is 10.2. The van der Waals surface area contributed by atoms with E-state index in [0.717, 1.165) is 0 Å². The molecule has 1 aliphatic carbocycles. The maximum atomic E-state index is 12.9. The normalized spacial score (nSPS) is 14.6. The van der Waals surface area contributed by atoms with E-state index < -0.39 is 11.5 Å². The molecule has 1 saturated carbocycles. The molecule has 1 fully saturated rings. The molecule has 0 saturated heterocycles. The fourth-order valence-corrected chi connectivity index (χ4v) is 3.51. The number of aliphatic hydroxyl groups is 1. The van der Waals surface area contributed by atoms with E-state index in [0.29, 0.717) is 40.7 Å². The van der Waals surface area contributed by atoms with Gasteiger partial charge in [0.25, 0.3) is 5.91 Å². The van der Waals surface area contributed by atoms with E-state index in [1.54, 1.807) is 29.0 Å². The first-order valence-electron chi connectivity index (χ1n) is 9.50. The molecule has 2 heterocycles. The molecule has 0 atom stereocenters. The molecule has 1 amide bonds.